The quantitative estimate of drug-likeness (QED) is 0.226. The van der Waals surface area contributed by atoms with E-state index in [2.05, 4.69) is 33.8 Å². The van der Waals surface area contributed by atoms with Crippen molar-refractivity contribution in [2.75, 3.05) is 0 Å². The Morgan fingerprint density at radius 3 is 2.05 bits per heavy atom. The van der Waals surface area contributed by atoms with Crippen molar-refractivity contribution in [3.05, 3.63) is 11.6 Å². The van der Waals surface area contributed by atoms with Gasteiger partial charge in [-0.3, -0.25) is 0 Å². The third kappa shape index (κ3) is 12.8. The van der Waals surface area contributed by atoms with Gasteiger partial charge in [0.25, 0.3) is 0 Å². The molecule has 0 nitrogen and oxygen atoms in total. The molecule has 0 rings (SSSR count). The van der Waals surface area contributed by atoms with E-state index in [1.54, 1.807) is 5.57 Å². The minimum atomic E-state index is 0.944. The van der Waals surface area contributed by atoms with Gasteiger partial charge in [0.05, 0.1) is 0 Å². The summed E-state index contributed by atoms with van der Waals surface area (Å²) in [6.07, 6.45) is 20.7. The second-order valence-corrected chi connectivity index (χ2v) is 6.60. The van der Waals surface area contributed by atoms with Crippen molar-refractivity contribution < 1.29 is 0 Å². The van der Waals surface area contributed by atoms with E-state index in [0.29, 0.717) is 0 Å². The second-order valence-electron chi connectivity index (χ2n) is 6.60. The van der Waals surface area contributed by atoms with Crippen LogP contribution in [0.25, 0.3) is 0 Å². The Kier molecular flexibility index (Phi) is 14.9. The summed E-state index contributed by atoms with van der Waals surface area (Å²) < 4.78 is 0. The molecule has 0 N–H and O–H groups in total. The smallest absolute Gasteiger partial charge is 0.0320 e. The fraction of sp³-hybridized carbons (Fsp3) is 0.900. The van der Waals surface area contributed by atoms with Gasteiger partial charge in [0.2, 0.25) is 0 Å². The Labute approximate surface area is 129 Å². The molecule has 1 atom stereocenters. The molecule has 0 aromatic carbocycles. The molecule has 0 saturated heterocycles. The zero-order chi connectivity index (χ0) is 15.1. The van der Waals surface area contributed by atoms with Crippen LogP contribution in [0, 0.1) is 5.92 Å². The molecule has 0 saturated carbocycles. The largest absolute Gasteiger partial charge is 0.0853 e. The monoisotopic (exact) mass is 280 g/mol. The molecule has 0 aromatic rings. The summed E-state index contributed by atoms with van der Waals surface area (Å²) in [6.45, 7) is 9.27. The first-order chi connectivity index (χ1) is 9.74. The van der Waals surface area contributed by atoms with Crippen molar-refractivity contribution in [3.63, 3.8) is 0 Å². The number of hydrogen-bond donors (Lipinski definition) is 0. The molecular formula is C20H40. The van der Waals surface area contributed by atoms with E-state index in [0.717, 1.165) is 5.92 Å². The zero-order valence-corrected chi connectivity index (χ0v) is 14.8. The van der Waals surface area contributed by atoms with Crippen LogP contribution in [0.4, 0.5) is 0 Å². The van der Waals surface area contributed by atoms with Crippen LogP contribution in [0.5, 0.6) is 0 Å². The van der Waals surface area contributed by atoms with E-state index in [-0.39, 0.29) is 0 Å². The van der Waals surface area contributed by atoms with Crippen molar-refractivity contribution in [2.24, 2.45) is 5.92 Å². The van der Waals surface area contributed by atoms with E-state index in [9.17, 15) is 0 Å². The lowest BCUT2D eigenvalue weighted by atomic mass is 9.92. The van der Waals surface area contributed by atoms with Gasteiger partial charge < -0.3 is 0 Å². The molecule has 0 heteroatoms. The van der Waals surface area contributed by atoms with Gasteiger partial charge in [-0.05, 0) is 32.1 Å². The third-order valence-corrected chi connectivity index (χ3v) is 4.39. The van der Waals surface area contributed by atoms with Gasteiger partial charge in [0.1, 0.15) is 0 Å². The molecule has 0 fully saturated rings. The van der Waals surface area contributed by atoms with Gasteiger partial charge in [0.15, 0.2) is 0 Å². The molecule has 120 valence electrons. The number of allylic oxidation sites excluding steroid dienone is 2. The predicted molar refractivity (Wildman–Crippen MR) is 94.3 cm³/mol. The molecule has 0 aromatic heterocycles. The van der Waals surface area contributed by atoms with E-state index in [4.69, 9.17) is 0 Å². The molecule has 0 spiro atoms. The molecule has 0 aliphatic heterocycles. The highest BCUT2D eigenvalue weighted by molar-refractivity contribution is 4.98. The Morgan fingerprint density at radius 1 is 0.750 bits per heavy atom. The van der Waals surface area contributed by atoms with Crippen LogP contribution in [-0.2, 0) is 0 Å². The summed E-state index contributed by atoms with van der Waals surface area (Å²) in [7, 11) is 0. The number of hydrogen-bond acceptors (Lipinski definition) is 0. The average molecular weight is 281 g/mol. The van der Waals surface area contributed by atoms with Gasteiger partial charge >= 0.3 is 0 Å². The van der Waals surface area contributed by atoms with Crippen LogP contribution in [0.1, 0.15) is 111 Å². The highest BCUT2D eigenvalue weighted by Gasteiger charge is 2.05. The minimum Gasteiger partial charge on any atom is -0.0853 e. The SMILES string of the molecule is CCCCCCCCC(C)=CCC(CCC)CCCC. The molecule has 1 unspecified atom stereocenters. The van der Waals surface area contributed by atoms with Crippen LogP contribution in [0.15, 0.2) is 11.6 Å². The fourth-order valence-electron chi connectivity index (χ4n) is 2.94. The summed E-state index contributed by atoms with van der Waals surface area (Å²) in [6, 6.07) is 0. The van der Waals surface area contributed by atoms with Crippen molar-refractivity contribution >= 4 is 0 Å². The highest BCUT2D eigenvalue weighted by Crippen LogP contribution is 2.21. The summed E-state index contributed by atoms with van der Waals surface area (Å²) in [5.41, 5.74) is 1.64. The third-order valence-electron chi connectivity index (χ3n) is 4.39. The van der Waals surface area contributed by atoms with Gasteiger partial charge in [0, 0.05) is 0 Å². The fourth-order valence-corrected chi connectivity index (χ4v) is 2.94. The maximum absolute atomic E-state index is 2.54. The van der Waals surface area contributed by atoms with E-state index < -0.39 is 0 Å². The maximum Gasteiger partial charge on any atom is -0.0320 e. The van der Waals surface area contributed by atoms with Crippen molar-refractivity contribution in [2.45, 2.75) is 111 Å². The number of unbranched alkanes of at least 4 members (excludes halogenated alkanes) is 6. The molecule has 0 aliphatic rings. The Morgan fingerprint density at radius 2 is 1.40 bits per heavy atom. The van der Waals surface area contributed by atoms with Crippen molar-refractivity contribution in [3.8, 4) is 0 Å². The van der Waals surface area contributed by atoms with Gasteiger partial charge in [-0.25, -0.2) is 0 Å². The lowest BCUT2D eigenvalue weighted by Crippen LogP contribution is -1.99. The Hall–Kier alpha value is -0.260. The second kappa shape index (κ2) is 15.1. The van der Waals surface area contributed by atoms with Crippen LogP contribution >= 0.6 is 0 Å². The van der Waals surface area contributed by atoms with E-state index >= 15 is 0 Å². The molecule has 20 heavy (non-hydrogen) atoms. The minimum absolute atomic E-state index is 0.944. The summed E-state index contributed by atoms with van der Waals surface area (Å²) in [5.74, 6) is 0.944. The standard InChI is InChI=1S/C20H40/c1-5-8-10-11-12-13-15-19(4)17-18-20(14-7-3)16-9-6-2/h17,20H,5-16,18H2,1-4H3. The number of rotatable bonds is 14. The molecule has 0 aliphatic carbocycles. The molecule has 0 heterocycles. The lowest BCUT2D eigenvalue weighted by molar-refractivity contribution is 0.432. The molecular weight excluding hydrogens is 240 g/mol. The average Bonchev–Trinajstić information content (AvgIpc) is 2.45. The highest BCUT2D eigenvalue weighted by atomic mass is 14.1. The first-order valence-corrected chi connectivity index (χ1v) is 9.40. The summed E-state index contributed by atoms with van der Waals surface area (Å²) in [5, 5.41) is 0. The van der Waals surface area contributed by atoms with E-state index in [1.165, 1.54) is 83.5 Å². The first kappa shape index (κ1) is 19.7. The zero-order valence-electron chi connectivity index (χ0n) is 14.8. The molecule has 0 bridgehead atoms. The van der Waals surface area contributed by atoms with Crippen LogP contribution in [-0.4, -0.2) is 0 Å². The van der Waals surface area contributed by atoms with E-state index in [1.807, 2.05) is 0 Å². The normalized spacial score (nSPS) is 13.7. The lowest BCUT2D eigenvalue weighted by Gasteiger charge is -2.14. The Balaban J connectivity index is 3.73. The summed E-state index contributed by atoms with van der Waals surface area (Å²) >= 11 is 0. The molecule has 0 radical (unpaired) electrons. The van der Waals surface area contributed by atoms with Crippen LogP contribution in [0.3, 0.4) is 0 Å². The van der Waals surface area contributed by atoms with Crippen LogP contribution in [0.2, 0.25) is 0 Å². The van der Waals surface area contributed by atoms with Crippen molar-refractivity contribution in [1.29, 1.82) is 0 Å². The van der Waals surface area contributed by atoms with Gasteiger partial charge in [-0.1, -0.05) is 96.6 Å². The maximum atomic E-state index is 2.54. The Bertz CT molecular complexity index is 214. The van der Waals surface area contributed by atoms with Crippen molar-refractivity contribution in [1.82, 2.24) is 0 Å². The first-order valence-electron chi connectivity index (χ1n) is 9.40. The van der Waals surface area contributed by atoms with Gasteiger partial charge in [-0.15, -0.1) is 0 Å². The topological polar surface area (TPSA) is 0 Å². The summed E-state index contributed by atoms with van der Waals surface area (Å²) in [4.78, 5) is 0. The van der Waals surface area contributed by atoms with Gasteiger partial charge in [-0.2, -0.15) is 0 Å². The van der Waals surface area contributed by atoms with Crippen LogP contribution < -0.4 is 0 Å². The predicted octanol–water partition coefficient (Wildman–Crippen LogP) is 7.68. The molecule has 0 amide bonds.